The molecule has 0 saturated heterocycles. The van der Waals surface area contributed by atoms with Crippen LogP contribution < -0.4 is 21.9 Å². The van der Waals surface area contributed by atoms with Crippen LogP contribution in [0.3, 0.4) is 0 Å². The van der Waals surface area contributed by atoms with Gasteiger partial charge in [0.25, 0.3) is 5.56 Å². The third-order valence-electron chi connectivity index (χ3n) is 3.71. The van der Waals surface area contributed by atoms with E-state index in [1.54, 1.807) is 11.9 Å². The van der Waals surface area contributed by atoms with Crippen molar-refractivity contribution in [1.29, 1.82) is 0 Å². The smallest absolute Gasteiger partial charge is 0.481 e. The molecule has 0 saturated carbocycles. The maximum Gasteiger partial charge on any atom is 0.490 e. The van der Waals surface area contributed by atoms with Gasteiger partial charge in [-0.1, -0.05) is 13.3 Å². The van der Waals surface area contributed by atoms with Gasteiger partial charge in [0.15, 0.2) is 0 Å². The average Bonchev–Trinajstić information content (AvgIpc) is 2.57. The summed E-state index contributed by atoms with van der Waals surface area (Å²) in [5.41, 5.74) is 5.22. The van der Waals surface area contributed by atoms with E-state index in [1.165, 1.54) is 4.57 Å². The molecule has 0 aliphatic heterocycles. The molecule has 1 aromatic heterocycles. The highest BCUT2D eigenvalue weighted by molar-refractivity contribution is 5.73. The standard InChI is InChI=1S/C14H24N4O4.C2HF3O2/c1-3-4-9-18-12(15)11(13(21)16-14(18)22)17(2)8-6-5-7-10(19)20;3-2(4,5)1(6)7/h3-9,15H2,1-2H3,(H,19,20)(H,16,21,22);(H,6,7). The van der Waals surface area contributed by atoms with Crippen molar-refractivity contribution in [2.75, 3.05) is 24.2 Å². The van der Waals surface area contributed by atoms with Crippen molar-refractivity contribution in [2.24, 2.45) is 0 Å². The zero-order valence-electron chi connectivity index (χ0n) is 16.1. The minimum atomic E-state index is -5.08. The van der Waals surface area contributed by atoms with E-state index in [9.17, 15) is 27.6 Å². The SMILES string of the molecule is CCCCn1c(N)c(N(C)CCCCC(=O)O)c(=O)[nH]c1=O.O=C(O)C(F)(F)F. The van der Waals surface area contributed by atoms with Gasteiger partial charge in [0.1, 0.15) is 11.5 Å². The molecule has 166 valence electrons. The summed E-state index contributed by atoms with van der Waals surface area (Å²) in [6.07, 6.45) is -2.15. The van der Waals surface area contributed by atoms with Crippen molar-refractivity contribution in [2.45, 2.75) is 51.7 Å². The second kappa shape index (κ2) is 11.8. The number of H-pyrrole nitrogens is 1. The fraction of sp³-hybridized carbons (Fsp3) is 0.625. The summed E-state index contributed by atoms with van der Waals surface area (Å²) in [6, 6.07) is 0. The topological polar surface area (TPSA) is 159 Å². The Kier molecular flexibility index (Phi) is 10.6. The van der Waals surface area contributed by atoms with Crippen LogP contribution in [-0.2, 0) is 16.1 Å². The highest BCUT2D eigenvalue weighted by Gasteiger charge is 2.38. The van der Waals surface area contributed by atoms with Crippen LogP contribution in [0, 0.1) is 0 Å². The van der Waals surface area contributed by atoms with E-state index in [2.05, 4.69) is 4.98 Å². The molecule has 5 N–H and O–H groups in total. The molecule has 0 radical (unpaired) electrons. The Balaban J connectivity index is 0.000000956. The zero-order valence-corrected chi connectivity index (χ0v) is 16.1. The first-order valence-electron chi connectivity index (χ1n) is 8.68. The van der Waals surface area contributed by atoms with Gasteiger partial charge in [0.05, 0.1) is 0 Å². The Morgan fingerprint density at radius 2 is 1.72 bits per heavy atom. The van der Waals surface area contributed by atoms with Crippen molar-refractivity contribution in [3.8, 4) is 0 Å². The number of aliphatic carboxylic acids is 2. The maximum absolute atomic E-state index is 12.0. The zero-order chi connectivity index (χ0) is 22.8. The predicted octanol–water partition coefficient (Wildman–Crippen LogP) is 1.24. The number of carboxylic acids is 2. The van der Waals surface area contributed by atoms with Gasteiger partial charge < -0.3 is 20.8 Å². The lowest BCUT2D eigenvalue weighted by atomic mass is 10.2. The Hall–Kier alpha value is -2.99. The number of halogens is 3. The predicted molar refractivity (Wildman–Crippen MR) is 99.1 cm³/mol. The van der Waals surface area contributed by atoms with E-state index < -0.39 is 29.4 Å². The number of nitrogen functional groups attached to an aromatic ring is 1. The first kappa shape index (κ1) is 26.0. The lowest BCUT2D eigenvalue weighted by Crippen LogP contribution is -2.37. The van der Waals surface area contributed by atoms with Crippen molar-refractivity contribution >= 4 is 23.4 Å². The number of anilines is 2. The van der Waals surface area contributed by atoms with Crippen LogP contribution in [-0.4, -0.2) is 51.5 Å². The van der Waals surface area contributed by atoms with Gasteiger partial charge in [-0.15, -0.1) is 0 Å². The van der Waals surface area contributed by atoms with E-state index in [4.69, 9.17) is 20.7 Å². The van der Waals surface area contributed by atoms with Crippen molar-refractivity contribution < 1.29 is 33.0 Å². The van der Waals surface area contributed by atoms with Crippen LogP contribution in [0.2, 0.25) is 0 Å². The van der Waals surface area contributed by atoms with Crippen LogP contribution in [0.5, 0.6) is 0 Å². The summed E-state index contributed by atoms with van der Waals surface area (Å²) in [7, 11) is 1.70. The molecule has 0 aromatic carbocycles. The molecule has 10 nitrogen and oxygen atoms in total. The molecule has 0 aliphatic carbocycles. The number of carbonyl (C=O) groups is 2. The van der Waals surface area contributed by atoms with E-state index in [0.717, 1.165) is 12.8 Å². The number of nitrogens with zero attached hydrogens (tertiary/aromatic N) is 2. The highest BCUT2D eigenvalue weighted by atomic mass is 19.4. The first-order chi connectivity index (χ1) is 13.3. The number of nitrogens with two attached hydrogens (primary N) is 1. The maximum atomic E-state index is 12.0. The number of aromatic amines is 1. The molecule has 1 rings (SSSR count). The molecule has 1 heterocycles. The minimum Gasteiger partial charge on any atom is -0.481 e. The first-order valence-corrected chi connectivity index (χ1v) is 8.68. The van der Waals surface area contributed by atoms with Crippen LogP contribution in [0.1, 0.15) is 39.0 Å². The summed E-state index contributed by atoms with van der Waals surface area (Å²) in [5.74, 6) is -3.44. The Labute approximate surface area is 163 Å². The monoisotopic (exact) mass is 426 g/mol. The normalized spacial score (nSPS) is 10.8. The summed E-state index contributed by atoms with van der Waals surface area (Å²) >= 11 is 0. The number of hydrogen-bond acceptors (Lipinski definition) is 6. The molecule has 0 aliphatic rings. The number of hydrogen-bond donors (Lipinski definition) is 4. The number of nitrogens with one attached hydrogen (secondary N) is 1. The summed E-state index contributed by atoms with van der Waals surface area (Å²) in [5, 5.41) is 15.7. The van der Waals surface area contributed by atoms with Gasteiger partial charge in [0, 0.05) is 26.6 Å². The summed E-state index contributed by atoms with van der Waals surface area (Å²) in [6.45, 7) is 2.95. The van der Waals surface area contributed by atoms with Gasteiger partial charge >= 0.3 is 23.8 Å². The molecule has 0 unspecified atom stereocenters. The number of rotatable bonds is 9. The van der Waals surface area contributed by atoms with E-state index in [-0.39, 0.29) is 17.9 Å². The van der Waals surface area contributed by atoms with Gasteiger partial charge in [-0.05, 0) is 19.3 Å². The second-order valence-electron chi connectivity index (χ2n) is 6.07. The van der Waals surface area contributed by atoms with Crippen LogP contribution in [0.15, 0.2) is 9.59 Å². The van der Waals surface area contributed by atoms with Crippen molar-refractivity contribution in [3.63, 3.8) is 0 Å². The van der Waals surface area contributed by atoms with E-state index in [0.29, 0.717) is 25.9 Å². The Morgan fingerprint density at radius 1 is 1.17 bits per heavy atom. The number of alkyl halides is 3. The molecular formula is C16H25F3N4O6. The largest absolute Gasteiger partial charge is 0.490 e. The molecule has 0 fully saturated rings. The molecule has 13 heteroatoms. The molecule has 0 bridgehead atoms. The molecular weight excluding hydrogens is 401 g/mol. The quantitative estimate of drug-likeness (QED) is 0.429. The number of carboxylic acid groups (broad SMARTS) is 2. The van der Waals surface area contributed by atoms with Crippen LogP contribution in [0.25, 0.3) is 0 Å². The van der Waals surface area contributed by atoms with Gasteiger partial charge in [-0.2, -0.15) is 13.2 Å². The molecule has 29 heavy (non-hydrogen) atoms. The highest BCUT2D eigenvalue weighted by Crippen LogP contribution is 2.16. The summed E-state index contributed by atoms with van der Waals surface area (Å²) in [4.78, 5) is 47.1. The number of unbranched alkanes of at least 4 members (excludes halogenated alkanes) is 2. The van der Waals surface area contributed by atoms with Crippen LogP contribution >= 0.6 is 0 Å². The number of aromatic nitrogens is 2. The molecule has 0 amide bonds. The van der Waals surface area contributed by atoms with Crippen molar-refractivity contribution in [1.82, 2.24) is 9.55 Å². The van der Waals surface area contributed by atoms with Gasteiger partial charge in [-0.3, -0.25) is 19.1 Å². The Morgan fingerprint density at radius 3 is 2.17 bits per heavy atom. The second-order valence-corrected chi connectivity index (χ2v) is 6.07. The van der Waals surface area contributed by atoms with Crippen molar-refractivity contribution in [3.05, 3.63) is 20.8 Å². The Bertz CT molecular complexity index is 803. The van der Waals surface area contributed by atoms with Crippen LogP contribution in [0.4, 0.5) is 24.7 Å². The van der Waals surface area contributed by atoms with E-state index in [1.807, 2.05) is 6.92 Å². The fourth-order valence-electron chi connectivity index (χ4n) is 2.22. The third-order valence-corrected chi connectivity index (χ3v) is 3.71. The van der Waals surface area contributed by atoms with Gasteiger partial charge in [0.2, 0.25) is 0 Å². The molecule has 0 atom stereocenters. The van der Waals surface area contributed by atoms with E-state index >= 15 is 0 Å². The summed E-state index contributed by atoms with van der Waals surface area (Å²) < 4.78 is 33.1. The lowest BCUT2D eigenvalue weighted by molar-refractivity contribution is -0.192. The van der Waals surface area contributed by atoms with Gasteiger partial charge in [-0.25, -0.2) is 9.59 Å². The molecule has 1 aromatic rings. The minimum absolute atomic E-state index is 0.0929. The average molecular weight is 426 g/mol. The molecule has 0 spiro atoms. The third kappa shape index (κ3) is 9.17. The lowest BCUT2D eigenvalue weighted by Gasteiger charge is -2.21. The fourth-order valence-corrected chi connectivity index (χ4v) is 2.22.